The highest BCUT2D eigenvalue weighted by Crippen LogP contribution is 2.19. The minimum atomic E-state index is -0.453. The van der Waals surface area contributed by atoms with Crippen molar-refractivity contribution >= 4 is 22.6 Å². The van der Waals surface area contributed by atoms with E-state index in [1.54, 1.807) is 18.2 Å². The first-order valence-corrected chi connectivity index (χ1v) is 10.5. The van der Waals surface area contributed by atoms with E-state index in [9.17, 15) is 14.4 Å². The number of aromatic amines is 1. The number of nitrogens with zero attached hydrogens (tertiary/aromatic N) is 3. The number of aryl methyl sites for hydroxylation is 1. The first kappa shape index (κ1) is 19.3. The third kappa shape index (κ3) is 3.43. The molecule has 0 atom stereocenters. The zero-order valence-corrected chi connectivity index (χ0v) is 17.2. The third-order valence-corrected chi connectivity index (χ3v) is 6.02. The van der Waals surface area contributed by atoms with E-state index in [1.807, 2.05) is 31.2 Å². The number of nitrogens with one attached hydrogen (secondary N) is 2. The van der Waals surface area contributed by atoms with Crippen molar-refractivity contribution < 1.29 is 4.79 Å². The Hall–Kier alpha value is -3.68. The molecule has 0 spiro atoms. The Bertz CT molecular complexity index is 1410. The van der Waals surface area contributed by atoms with Gasteiger partial charge in [0.1, 0.15) is 0 Å². The molecule has 0 aliphatic heterocycles. The molecular weight excluding hydrogens is 394 g/mol. The monoisotopic (exact) mass is 417 g/mol. The highest BCUT2D eigenvalue weighted by molar-refractivity contribution is 5.98. The summed E-state index contributed by atoms with van der Waals surface area (Å²) in [4.78, 5) is 38.5. The van der Waals surface area contributed by atoms with Gasteiger partial charge in [-0.25, -0.2) is 14.3 Å². The van der Waals surface area contributed by atoms with E-state index in [0.717, 1.165) is 36.8 Å². The second-order valence-electron chi connectivity index (χ2n) is 8.23. The molecule has 1 aliphatic carbocycles. The summed E-state index contributed by atoms with van der Waals surface area (Å²) in [6.07, 6.45) is 4.20. The molecule has 1 aliphatic rings. The van der Waals surface area contributed by atoms with E-state index in [0.29, 0.717) is 16.5 Å². The van der Waals surface area contributed by atoms with Gasteiger partial charge in [0.05, 0.1) is 17.4 Å². The molecular formula is C23H23N5O3. The van der Waals surface area contributed by atoms with Crippen LogP contribution in [0.4, 0.5) is 0 Å². The minimum Gasteiger partial charge on any atom is -0.349 e. The van der Waals surface area contributed by atoms with Crippen LogP contribution in [0, 0.1) is 6.92 Å². The average Bonchev–Trinajstić information content (AvgIpc) is 3.42. The first-order valence-electron chi connectivity index (χ1n) is 10.5. The molecule has 0 radical (unpaired) electrons. The third-order valence-electron chi connectivity index (χ3n) is 6.02. The van der Waals surface area contributed by atoms with Gasteiger partial charge in [-0.2, -0.15) is 0 Å². The number of hydrogen-bond donors (Lipinski definition) is 2. The van der Waals surface area contributed by atoms with Gasteiger partial charge in [-0.15, -0.1) is 5.10 Å². The number of amides is 1. The summed E-state index contributed by atoms with van der Waals surface area (Å²) in [5, 5.41) is 9.93. The lowest BCUT2D eigenvalue weighted by atomic mass is 10.1. The number of rotatable bonds is 4. The summed E-state index contributed by atoms with van der Waals surface area (Å²) in [6.45, 7) is 2.28. The van der Waals surface area contributed by atoms with Gasteiger partial charge in [0, 0.05) is 11.6 Å². The number of aromatic nitrogens is 4. The van der Waals surface area contributed by atoms with Crippen molar-refractivity contribution in [3.05, 3.63) is 80.0 Å². The number of benzene rings is 2. The van der Waals surface area contributed by atoms with Crippen LogP contribution in [0.3, 0.4) is 0 Å². The molecule has 5 rings (SSSR count). The van der Waals surface area contributed by atoms with Crippen LogP contribution in [-0.4, -0.2) is 31.1 Å². The van der Waals surface area contributed by atoms with E-state index >= 15 is 0 Å². The van der Waals surface area contributed by atoms with E-state index in [2.05, 4.69) is 15.5 Å². The molecule has 2 aromatic heterocycles. The van der Waals surface area contributed by atoms with Crippen LogP contribution in [0.2, 0.25) is 0 Å². The average molecular weight is 417 g/mol. The highest BCUT2D eigenvalue weighted by Gasteiger charge is 2.20. The SMILES string of the molecule is Cc1ccc(Cn2c(=O)c3ccc(C(=O)NC4CCCC4)cc3n3c(=O)[nH]nc23)cc1. The topological polar surface area (TPSA) is 101 Å². The number of carbonyl (C=O) groups is 1. The summed E-state index contributed by atoms with van der Waals surface area (Å²) in [7, 11) is 0. The van der Waals surface area contributed by atoms with Gasteiger partial charge < -0.3 is 5.32 Å². The maximum absolute atomic E-state index is 13.3. The fraction of sp³-hybridized carbons (Fsp3) is 0.304. The van der Waals surface area contributed by atoms with Crippen molar-refractivity contribution in [2.75, 3.05) is 0 Å². The maximum Gasteiger partial charge on any atom is 0.349 e. The molecule has 1 amide bonds. The van der Waals surface area contributed by atoms with E-state index in [1.165, 1.54) is 8.97 Å². The molecule has 4 aromatic rings. The Morgan fingerprint density at radius 2 is 1.87 bits per heavy atom. The van der Waals surface area contributed by atoms with E-state index in [4.69, 9.17) is 0 Å². The lowest BCUT2D eigenvalue weighted by Crippen LogP contribution is -2.32. The lowest BCUT2D eigenvalue weighted by Gasteiger charge is -2.13. The van der Waals surface area contributed by atoms with Gasteiger partial charge in [0.15, 0.2) is 0 Å². The van der Waals surface area contributed by atoms with Crippen molar-refractivity contribution in [1.82, 2.24) is 24.5 Å². The van der Waals surface area contributed by atoms with Crippen LogP contribution in [0.5, 0.6) is 0 Å². The second kappa shape index (κ2) is 7.54. The molecule has 2 heterocycles. The number of carbonyl (C=O) groups excluding carboxylic acids is 1. The van der Waals surface area contributed by atoms with Gasteiger partial charge in [-0.3, -0.25) is 14.2 Å². The molecule has 2 N–H and O–H groups in total. The number of H-pyrrole nitrogens is 1. The lowest BCUT2D eigenvalue weighted by molar-refractivity contribution is 0.0938. The Kier molecular flexibility index (Phi) is 4.69. The molecule has 1 fully saturated rings. The maximum atomic E-state index is 13.3. The standard InChI is InChI=1S/C23H23N5O3/c1-14-6-8-15(9-7-14)13-27-21(30)18-11-10-16(20(29)24-17-4-2-3-5-17)12-19(18)28-22(27)25-26-23(28)31/h6-12,17H,2-5,13H2,1H3,(H,24,29)(H,26,31). The van der Waals surface area contributed by atoms with Gasteiger partial charge in [-0.05, 0) is 43.5 Å². The predicted molar refractivity (Wildman–Crippen MR) is 118 cm³/mol. The van der Waals surface area contributed by atoms with Crippen LogP contribution < -0.4 is 16.6 Å². The molecule has 1 saturated carbocycles. The Morgan fingerprint density at radius 3 is 2.61 bits per heavy atom. The fourth-order valence-corrected chi connectivity index (χ4v) is 4.32. The Morgan fingerprint density at radius 1 is 1.13 bits per heavy atom. The van der Waals surface area contributed by atoms with Crippen molar-refractivity contribution in [2.24, 2.45) is 0 Å². The zero-order valence-electron chi connectivity index (χ0n) is 17.2. The summed E-state index contributed by atoms with van der Waals surface area (Å²) in [5.41, 5.74) is 2.13. The molecule has 2 aromatic carbocycles. The summed E-state index contributed by atoms with van der Waals surface area (Å²) in [5.74, 6) is 0.0266. The van der Waals surface area contributed by atoms with Gasteiger partial charge >= 0.3 is 5.69 Å². The number of fused-ring (bicyclic) bond motifs is 3. The second-order valence-corrected chi connectivity index (χ2v) is 8.23. The van der Waals surface area contributed by atoms with Crippen molar-refractivity contribution in [1.29, 1.82) is 0 Å². The molecule has 31 heavy (non-hydrogen) atoms. The fourth-order valence-electron chi connectivity index (χ4n) is 4.32. The number of hydrogen-bond acceptors (Lipinski definition) is 4. The quantitative estimate of drug-likeness (QED) is 0.532. The summed E-state index contributed by atoms with van der Waals surface area (Å²) < 4.78 is 2.83. The Balaban J connectivity index is 1.63. The smallest absolute Gasteiger partial charge is 0.349 e. The van der Waals surface area contributed by atoms with E-state index in [-0.39, 0.29) is 29.8 Å². The van der Waals surface area contributed by atoms with Crippen LogP contribution in [-0.2, 0) is 6.54 Å². The van der Waals surface area contributed by atoms with Gasteiger partial charge in [0.25, 0.3) is 11.5 Å². The molecule has 158 valence electrons. The van der Waals surface area contributed by atoms with Crippen LogP contribution >= 0.6 is 0 Å². The predicted octanol–water partition coefficient (Wildman–Crippen LogP) is 2.37. The van der Waals surface area contributed by atoms with Crippen LogP contribution in [0.25, 0.3) is 16.7 Å². The molecule has 0 unspecified atom stereocenters. The summed E-state index contributed by atoms with van der Waals surface area (Å²) >= 11 is 0. The largest absolute Gasteiger partial charge is 0.349 e. The highest BCUT2D eigenvalue weighted by atomic mass is 16.2. The van der Waals surface area contributed by atoms with Gasteiger partial charge in [0.2, 0.25) is 5.78 Å². The molecule has 0 bridgehead atoms. The van der Waals surface area contributed by atoms with Crippen LogP contribution in [0.1, 0.15) is 47.2 Å². The molecule has 8 heteroatoms. The Labute approximate surface area is 177 Å². The van der Waals surface area contributed by atoms with Crippen molar-refractivity contribution in [2.45, 2.75) is 45.2 Å². The van der Waals surface area contributed by atoms with Crippen molar-refractivity contribution in [3.8, 4) is 0 Å². The molecule has 8 nitrogen and oxygen atoms in total. The zero-order chi connectivity index (χ0) is 21.5. The summed E-state index contributed by atoms with van der Waals surface area (Å²) in [6, 6.07) is 12.9. The normalized spacial score (nSPS) is 14.5. The first-order chi connectivity index (χ1) is 15.0. The van der Waals surface area contributed by atoms with Crippen LogP contribution in [0.15, 0.2) is 52.1 Å². The van der Waals surface area contributed by atoms with Crippen molar-refractivity contribution in [3.63, 3.8) is 0 Å². The minimum absolute atomic E-state index is 0.183. The molecule has 0 saturated heterocycles. The van der Waals surface area contributed by atoms with E-state index < -0.39 is 5.69 Å². The van der Waals surface area contributed by atoms with Gasteiger partial charge in [-0.1, -0.05) is 42.7 Å².